The van der Waals surface area contributed by atoms with Crippen LogP contribution in [0.5, 0.6) is 0 Å². The Balaban J connectivity index is 1.47. The van der Waals surface area contributed by atoms with Gasteiger partial charge in [-0.1, -0.05) is 48.9 Å². The van der Waals surface area contributed by atoms with Crippen LogP contribution in [0, 0.1) is 0 Å². The minimum atomic E-state index is -0.124. The molecular weight excluding hydrogens is 328 g/mol. The highest BCUT2D eigenvalue weighted by atomic mass is 32.2. The lowest BCUT2D eigenvalue weighted by Gasteiger charge is -2.12. The van der Waals surface area contributed by atoms with E-state index in [1.54, 1.807) is 0 Å². The molecule has 130 valence electrons. The highest BCUT2D eigenvalue weighted by molar-refractivity contribution is 7.97. The highest BCUT2D eigenvalue weighted by Gasteiger charge is 2.09. The molecule has 0 radical (unpaired) electrons. The molecule has 0 saturated heterocycles. The van der Waals surface area contributed by atoms with Gasteiger partial charge in [0.15, 0.2) is 0 Å². The fraction of sp³-hybridized carbons (Fsp3) is 0.333. The molecule has 1 saturated carbocycles. The normalized spacial score (nSPS) is 14.2. The molecule has 0 atom stereocenters. The number of amides is 1. The number of hydrogen-bond donors (Lipinski definition) is 1. The van der Waals surface area contributed by atoms with Crippen LogP contribution in [0.3, 0.4) is 0 Å². The zero-order valence-electron chi connectivity index (χ0n) is 14.4. The summed E-state index contributed by atoms with van der Waals surface area (Å²) in [6.07, 6.45) is 5.67. The second-order valence-corrected chi connectivity index (χ2v) is 7.34. The lowest BCUT2D eigenvalue weighted by atomic mass is 9.99. The van der Waals surface area contributed by atoms with E-state index in [0.717, 1.165) is 30.1 Å². The number of carbonyl (C=O) groups excluding carboxylic acids is 1. The van der Waals surface area contributed by atoms with Crippen molar-refractivity contribution in [2.75, 3.05) is 0 Å². The SMILES string of the molecule is O=C(NN=C1CCCCC1)c1ccc(CSCc2ccccc2)cc1. The third-order valence-corrected chi connectivity index (χ3v) is 5.42. The van der Waals surface area contributed by atoms with E-state index in [-0.39, 0.29) is 5.91 Å². The predicted molar refractivity (Wildman–Crippen MR) is 106 cm³/mol. The van der Waals surface area contributed by atoms with Gasteiger partial charge < -0.3 is 0 Å². The van der Waals surface area contributed by atoms with Crippen molar-refractivity contribution >= 4 is 23.4 Å². The highest BCUT2D eigenvalue weighted by Crippen LogP contribution is 2.18. The van der Waals surface area contributed by atoms with Gasteiger partial charge >= 0.3 is 0 Å². The van der Waals surface area contributed by atoms with Crippen LogP contribution in [0.2, 0.25) is 0 Å². The zero-order chi connectivity index (χ0) is 17.3. The quantitative estimate of drug-likeness (QED) is 0.729. The number of carbonyl (C=O) groups is 1. The van der Waals surface area contributed by atoms with Gasteiger partial charge in [0.05, 0.1) is 0 Å². The first-order valence-corrected chi connectivity index (χ1v) is 10.0. The Hall–Kier alpha value is -2.07. The molecule has 3 nitrogen and oxygen atoms in total. The van der Waals surface area contributed by atoms with Crippen LogP contribution in [0.4, 0.5) is 0 Å². The molecule has 1 aliphatic carbocycles. The number of nitrogens with one attached hydrogen (secondary N) is 1. The van der Waals surface area contributed by atoms with E-state index in [0.29, 0.717) is 5.56 Å². The van der Waals surface area contributed by atoms with E-state index in [9.17, 15) is 4.79 Å². The number of hydrogen-bond acceptors (Lipinski definition) is 3. The van der Waals surface area contributed by atoms with E-state index in [2.05, 4.69) is 34.8 Å². The fourth-order valence-electron chi connectivity index (χ4n) is 2.88. The van der Waals surface area contributed by atoms with Crippen molar-refractivity contribution in [1.82, 2.24) is 5.43 Å². The van der Waals surface area contributed by atoms with Crippen molar-refractivity contribution < 1.29 is 4.79 Å². The summed E-state index contributed by atoms with van der Waals surface area (Å²) in [6, 6.07) is 18.3. The van der Waals surface area contributed by atoms with Gasteiger partial charge in [-0.05, 0) is 48.9 Å². The molecule has 1 amide bonds. The van der Waals surface area contributed by atoms with E-state index < -0.39 is 0 Å². The molecule has 1 aliphatic rings. The molecule has 0 aromatic heterocycles. The Morgan fingerprint density at radius 1 is 0.880 bits per heavy atom. The lowest BCUT2D eigenvalue weighted by Crippen LogP contribution is -2.20. The first kappa shape index (κ1) is 17.7. The molecule has 1 N–H and O–H groups in total. The summed E-state index contributed by atoms with van der Waals surface area (Å²) in [4.78, 5) is 12.2. The molecule has 0 aliphatic heterocycles. The topological polar surface area (TPSA) is 41.5 Å². The van der Waals surface area contributed by atoms with Gasteiger partial charge in [0.2, 0.25) is 0 Å². The van der Waals surface area contributed by atoms with E-state index in [4.69, 9.17) is 0 Å². The average molecular weight is 353 g/mol. The maximum absolute atomic E-state index is 12.2. The van der Waals surface area contributed by atoms with E-state index >= 15 is 0 Å². The Kier molecular flexibility index (Phi) is 6.69. The van der Waals surface area contributed by atoms with Crippen LogP contribution >= 0.6 is 11.8 Å². The summed E-state index contributed by atoms with van der Waals surface area (Å²) in [5.74, 6) is 1.82. The monoisotopic (exact) mass is 352 g/mol. The Bertz CT molecular complexity index is 702. The molecule has 2 aromatic rings. The Labute approximate surface area is 153 Å². The van der Waals surface area contributed by atoms with Gasteiger partial charge in [0.1, 0.15) is 0 Å². The van der Waals surface area contributed by atoms with Gasteiger partial charge in [-0.15, -0.1) is 0 Å². The molecule has 2 aromatic carbocycles. The van der Waals surface area contributed by atoms with E-state index in [1.165, 1.54) is 30.4 Å². The summed E-state index contributed by atoms with van der Waals surface area (Å²) in [5, 5.41) is 4.28. The first-order chi connectivity index (χ1) is 12.3. The summed E-state index contributed by atoms with van der Waals surface area (Å²) in [7, 11) is 0. The van der Waals surface area contributed by atoms with Crippen LogP contribution in [0.1, 0.15) is 53.6 Å². The molecule has 0 unspecified atom stereocenters. The van der Waals surface area contributed by atoms with Crippen LogP contribution in [-0.2, 0) is 11.5 Å². The average Bonchev–Trinajstić information content (AvgIpc) is 2.68. The van der Waals surface area contributed by atoms with Crippen molar-refractivity contribution in [2.45, 2.75) is 43.6 Å². The third kappa shape index (κ3) is 5.75. The maximum Gasteiger partial charge on any atom is 0.271 e. The number of nitrogens with zero attached hydrogens (tertiary/aromatic N) is 1. The van der Waals surface area contributed by atoms with Gasteiger partial charge in [-0.25, -0.2) is 5.43 Å². The van der Waals surface area contributed by atoms with Crippen LogP contribution in [0.15, 0.2) is 59.7 Å². The standard InChI is InChI=1S/C21H24N2OS/c24-21(23-22-20-9-5-2-6-10-20)19-13-11-18(12-14-19)16-25-15-17-7-3-1-4-8-17/h1,3-4,7-8,11-14H,2,5-6,9-10,15-16H2,(H,23,24). The predicted octanol–water partition coefficient (Wildman–Crippen LogP) is 5.17. The molecule has 1 fully saturated rings. The van der Waals surface area contributed by atoms with Crippen LogP contribution < -0.4 is 5.43 Å². The molecule has 0 heterocycles. The van der Waals surface area contributed by atoms with Crippen LogP contribution in [-0.4, -0.2) is 11.6 Å². The molecular formula is C21H24N2OS. The van der Waals surface area contributed by atoms with Crippen molar-refractivity contribution in [3.63, 3.8) is 0 Å². The largest absolute Gasteiger partial charge is 0.271 e. The number of benzene rings is 2. The van der Waals surface area contributed by atoms with Crippen molar-refractivity contribution in [2.24, 2.45) is 5.10 Å². The molecule has 25 heavy (non-hydrogen) atoms. The number of rotatable bonds is 6. The fourth-order valence-corrected chi connectivity index (χ4v) is 3.84. The number of thioether (sulfide) groups is 1. The second kappa shape index (κ2) is 9.42. The molecule has 3 rings (SSSR count). The van der Waals surface area contributed by atoms with Crippen molar-refractivity contribution in [3.05, 3.63) is 71.3 Å². The van der Waals surface area contributed by atoms with Gasteiger partial charge in [-0.2, -0.15) is 16.9 Å². The summed E-state index contributed by atoms with van der Waals surface area (Å²) >= 11 is 1.88. The summed E-state index contributed by atoms with van der Waals surface area (Å²) < 4.78 is 0. The third-order valence-electron chi connectivity index (χ3n) is 4.34. The van der Waals surface area contributed by atoms with Gasteiger partial charge in [-0.3, -0.25) is 4.79 Å². The summed E-state index contributed by atoms with van der Waals surface area (Å²) in [5.41, 5.74) is 7.05. The second-order valence-electron chi connectivity index (χ2n) is 6.35. The van der Waals surface area contributed by atoms with Crippen molar-refractivity contribution in [3.8, 4) is 0 Å². The Morgan fingerprint density at radius 3 is 2.20 bits per heavy atom. The van der Waals surface area contributed by atoms with Gasteiger partial charge in [0.25, 0.3) is 5.91 Å². The number of hydrazone groups is 1. The minimum Gasteiger partial charge on any atom is -0.267 e. The molecule has 4 heteroatoms. The lowest BCUT2D eigenvalue weighted by molar-refractivity contribution is 0.0954. The van der Waals surface area contributed by atoms with E-state index in [1.807, 2.05) is 42.1 Å². The summed E-state index contributed by atoms with van der Waals surface area (Å²) in [6.45, 7) is 0. The van der Waals surface area contributed by atoms with Crippen LogP contribution in [0.25, 0.3) is 0 Å². The zero-order valence-corrected chi connectivity index (χ0v) is 15.2. The Morgan fingerprint density at radius 2 is 1.52 bits per heavy atom. The first-order valence-electron chi connectivity index (χ1n) is 8.87. The molecule has 0 bridgehead atoms. The van der Waals surface area contributed by atoms with Crippen molar-refractivity contribution in [1.29, 1.82) is 0 Å². The smallest absolute Gasteiger partial charge is 0.267 e. The maximum atomic E-state index is 12.2. The molecule has 0 spiro atoms. The minimum absolute atomic E-state index is 0.124. The van der Waals surface area contributed by atoms with Gasteiger partial charge in [0, 0.05) is 22.8 Å².